The first-order valence-corrected chi connectivity index (χ1v) is 9.36. The summed E-state index contributed by atoms with van der Waals surface area (Å²) in [6.07, 6.45) is 0. The quantitative estimate of drug-likeness (QED) is 0.851. The molecule has 1 aliphatic rings. The Bertz CT molecular complexity index is 774. The molecule has 3 rings (SSSR count). The molecular formula is C22H28N2O3. The Balaban J connectivity index is 1.66. The van der Waals surface area contributed by atoms with E-state index in [2.05, 4.69) is 24.1 Å². The molecule has 0 unspecified atom stereocenters. The highest BCUT2D eigenvalue weighted by Gasteiger charge is 2.29. The van der Waals surface area contributed by atoms with Gasteiger partial charge in [-0.25, -0.2) is 0 Å². The molecule has 144 valence electrons. The van der Waals surface area contributed by atoms with Crippen LogP contribution in [0.2, 0.25) is 0 Å². The number of nitrogens with one attached hydrogen (secondary N) is 1. The fourth-order valence-electron chi connectivity index (χ4n) is 3.40. The van der Waals surface area contributed by atoms with Gasteiger partial charge < -0.3 is 14.8 Å². The van der Waals surface area contributed by atoms with Crippen molar-refractivity contribution in [1.82, 2.24) is 10.2 Å². The second-order valence-corrected chi connectivity index (χ2v) is 7.39. The third-order valence-corrected chi connectivity index (χ3v) is 5.03. The predicted octanol–water partition coefficient (Wildman–Crippen LogP) is 3.20. The van der Waals surface area contributed by atoms with Crippen LogP contribution in [0.4, 0.5) is 0 Å². The molecule has 27 heavy (non-hydrogen) atoms. The number of carbonyl (C=O) groups is 1. The molecule has 0 bridgehead atoms. The zero-order chi connectivity index (χ0) is 19.3. The Kier molecular flexibility index (Phi) is 6.14. The first-order valence-electron chi connectivity index (χ1n) is 9.36. The molecule has 2 aromatic carbocycles. The van der Waals surface area contributed by atoms with Crippen LogP contribution >= 0.6 is 0 Å². The highest BCUT2D eigenvalue weighted by atomic mass is 16.5. The van der Waals surface area contributed by atoms with Gasteiger partial charge in [-0.2, -0.15) is 0 Å². The standard InChI is InChI=1S/C22H28N2O3/c1-22(2)16-27-14-13-24(22)12-11-23-21(25)18-9-10-20(26-3)19(15-18)17-7-5-4-6-8-17/h4-10,15H,11-14,16H2,1-3H3,(H,23,25). The van der Waals surface area contributed by atoms with Crippen LogP contribution < -0.4 is 10.1 Å². The average molecular weight is 368 g/mol. The van der Waals surface area contributed by atoms with Crippen molar-refractivity contribution in [1.29, 1.82) is 0 Å². The molecule has 1 saturated heterocycles. The van der Waals surface area contributed by atoms with Crippen LogP contribution in [0, 0.1) is 0 Å². The maximum absolute atomic E-state index is 12.6. The summed E-state index contributed by atoms with van der Waals surface area (Å²) in [6.45, 7) is 8.12. The van der Waals surface area contributed by atoms with Crippen molar-refractivity contribution in [2.45, 2.75) is 19.4 Å². The number of hydrogen-bond acceptors (Lipinski definition) is 4. The fourth-order valence-corrected chi connectivity index (χ4v) is 3.40. The molecule has 1 amide bonds. The van der Waals surface area contributed by atoms with Crippen LogP contribution in [-0.2, 0) is 4.74 Å². The Morgan fingerprint density at radius 1 is 1.22 bits per heavy atom. The summed E-state index contributed by atoms with van der Waals surface area (Å²) in [4.78, 5) is 15.0. The Morgan fingerprint density at radius 2 is 2.00 bits per heavy atom. The van der Waals surface area contributed by atoms with Gasteiger partial charge in [0.1, 0.15) is 5.75 Å². The number of nitrogens with zero attached hydrogens (tertiary/aromatic N) is 1. The van der Waals surface area contributed by atoms with Crippen molar-refractivity contribution < 1.29 is 14.3 Å². The normalized spacial score (nSPS) is 16.7. The molecule has 1 N–H and O–H groups in total. The zero-order valence-electron chi connectivity index (χ0n) is 16.3. The van der Waals surface area contributed by atoms with Crippen LogP contribution in [-0.4, -0.2) is 56.3 Å². The van der Waals surface area contributed by atoms with Gasteiger partial charge in [-0.05, 0) is 37.6 Å². The van der Waals surface area contributed by atoms with E-state index in [1.807, 2.05) is 42.5 Å². The van der Waals surface area contributed by atoms with E-state index in [0.717, 1.165) is 43.2 Å². The minimum Gasteiger partial charge on any atom is -0.496 e. The van der Waals surface area contributed by atoms with Crippen LogP contribution in [0.25, 0.3) is 11.1 Å². The molecule has 1 heterocycles. The van der Waals surface area contributed by atoms with E-state index in [1.165, 1.54) is 0 Å². The van der Waals surface area contributed by atoms with Gasteiger partial charge in [-0.3, -0.25) is 9.69 Å². The molecule has 0 saturated carbocycles. The smallest absolute Gasteiger partial charge is 0.251 e. The molecule has 2 aromatic rings. The van der Waals surface area contributed by atoms with Gasteiger partial charge in [0.2, 0.25) is 0 Å². The first-order chi connectivity index (χ1) is 13.0. The molecule has 1 fully saturated rings. The number of carbonyl (C=O) groups excluding carboxylic acids is 1. The van der Waals surface area contributed by atoms with Gasteiger partial charge >= 0.3 is 0 Å². The lowest BCUT2D eigenvalue weighted by atomic mass is 10.0. The van der Waals surface area contributed by atoms with Gasteiger partial charge in [-0.1, -0.05) is 30.3 Å². The Labute approximate surface area is 161 Å². The van der Waals surface area contributed by atoms with Crippen LogP contribution in [0.15, 0.2) is 48.5 Å². The zero-order valence-corrected chi connectivity index (χ0v) is 16.3. The largest absolute Gasteiger partial charge is 0.496 e. The second-order valence-electron chi connectivity index (χ2n) is 7.39. The number of methoxy groups -OCH3 is 1. The summed E-state index contributed by atoms with van der Waals surface area (Å²) in [5.41, 5.74) is 2.58. The monoisotopic (exact) mass is 368 g/mol. The Morgan fingerprint density at radius 3 is 2.70 bits per heavy atom. The van der Waals surface area contributed by atoms with Crippen LogP contribution in [0.1, 0.15) is 24.2 Å². The fraction of sp³-hybridized carbons (Fsp3) is 0.409. The second kappa shape index (κ2) is 8.55. The lowest BCUT2D eigenvalue weighted by Crippen LogP contribution is -2.54. The maximum Gasteiger partial charge on any atom is 0.251 e. The number of hydrogen-bond donors (Lipinski definition) is 1. The number of amides is 1. The van der Waals surface area contributed by atoms with Crippen molar-refractivity contribution >= 4 is 5.91 Å². The third kappa shape index (κ3) is 4.67. The first kappa shape index (κ1) is 19.4. The van der Waals surface area contributed by atoms with Crippen molar-refractivity contribution in [3.05, 3.63) is 54.1 Å². The van der Waals surface area contributed by atoms with Gasteiger partial charge in [0.05, 0.1) is 20.3 Å². The molecule has 5 nitrogen and oxygen atoms in total. The number of morpholine rings is 1. The van der Waals surface area contributed by atoms with Crippen LogP contribution in [0.5, 0.6) is 5.75 Å². The Hall–Kier alpha value is -2.37. The molecule has 1 aliphatic heterocycles. The number of benzene rings is 2. The SMILES string of the molecule is COc1ccc(C(=O)NCCN2CCOCC2(C)C)cc1-c1ccccc1. The molecule has 0 radical (unpaired) electrons. The summed E-state index contributed by atoms with van der Waals surface area (Å²) < 4.78 is 11.0. The molecule has 5 heteroatoms. The predicted molar refractivity (Wildman–Crippen MR) is 107 cm³/mol. The summed E-state index contributed by atoms with van der Waals surface area (Å²) >= 11 is 0. The molecule has 0 atom stereocenters. The van der Waals surface area contributed by atoms with E-state index < -0.39 is 0 Å². The summed E-state index contributed by atoms with van der Waals surface area (Å²) in [5, 5.41) is 3.04. The van der Waals surface area contributed by atoms with Gasteiger partial charge in [0.15, 0.2) is 0 Å². The van der Waals surface area contributed by atoms with Crippen molar-refractivity contribution in [3.8, 4) is 16.9 Å². The van der Waals surface area contributed by atoms with E-state index in [1.54, 1.807) is 13.2 Å². The lowest BCUT2D eigenvalue weighted by Gasteiger charge is -2.42. The molecule has 0 aliphatic carbocycles. The van der Waals surface area contributed by atoms with E-state index in [4.69, 9.17) is 9.47 Å². The molecular weight excluding hydrogens is 340 g/mol. The third-order valence-electron chi connectivity index (χ3n) is 5.03. The molecule has 0 aromatic heterocycles. The van der Waals surface area contributed by atoms with E-state index in [9.17, 15) is 4.79 Å². The average Bonchev–Trinajstić information content (AvgIpc) is 2.69. The molecule has 0 spiro atoms. The van der Waals surface area contributed by atoms with E-state index in [0.29, 0.717) is 12.1 Å². The van der Waals surface area contributed by atoms with Gasteiger partial charge in [0.25, 0.3) is 5.91 Å². The summed E-state index contributed by atoms with van der Waals surface area (Å²) in [7, 11) is 1.64. The van der Waals surface area contributed by atoms with E-state index >= 15 is 0 Å². The van der Waals surface area contributed by atoms with Gasteiger partial charge in [0, 0.05) is 36.3 Å². The van der Waals surface area contributed by atoms with Crippen LogP contribution in [0.3, 0.4) is 0 Å². The summed E-state index contributed by atoms with van der Waals surface area (Å²) in [6, 6.07) is 15.5. The van der Waals surface area contributed by atoms with Gasteiger partial charge in [-0.15, -0.1) is 0 Å². The maximum atomic E-state index is 12.6. The van der Waals surface area contributed by atoms with Crippen molar-refractivity contribution in [2.24, 2.45) is 0 Å². The topological polar surface area (TPSA) is 50.8 Å². The lowest BCUT2D eigenvalue weighted by molar-refractivity contribution is -0.0498. The highest BCUT2D eigenvalue weighted by molar-refractivity contribution is 5.96. The van der Waals surface area contributed by atoms with E-state index in [-0.39, 0.29) is 11.4 Å². The minimum atomic E-state index is -0.0686. The minimum absolute atomic E-state index is 0.00354. The highest BCUT2D eigenvalue weighted by Crippen LogP contribution is 2.30. The summed E-state index contributed by atoms with van der Waals surface area (Å²) in [5.74, 6) is 0.689. The number of ether oxygens (including phenoxy) is 2. The number of rotatable bonds is 6. The van der Waals surface area contributed by atoms with Crippen molar-refractivity contribution in [3.63, 3.8) is 0 Å². The van der Waals surface area contributed by atoms with Crippen molar-refractivity contribution in [2.75, 3.05) is 40.0 Å².